The highest BCUT2D eigenvalue weighted by Gasteiger charge is 2.33. The molecule has 3 nitrogen and oxygen atoms in total. The van der Waals surface area contributed by atoms with E-state index in [1.54, 1.807) is 0 Å². The van der Waals surface area contributed by atoms with Crippen LogP contribution in [0.5, 0.6) is 0 Å². The summed E-state index contributed by atoms with van der Waals surface area (Å²) in [6.07, 6.45) is 0. The van der Waals surface area contributed by atoms with E-state index in [1.807, 2.05) is 218 Å². The molecule has 0 N–H and O–H groups in total. The first-order chi connectivity index (χ1) is 62.1. The third-order valence-corrected chi connectivity index (χ3v) is 34.7. The Morgan fingerprint density at radius 2 is 0.317 bits per heavy atom. The summed E-state index contributed by atoms with van der Waals surface area (Å²) < 4.78 is 44.7. The van der Waals surface area contributed by atoms with E-state index in [0.717, 1.165) is 81.1 Å². The molecule has 0 fully saturated rings. The van der Waals surface area contributed by atoms with Crippen LogP contribution in [0.1, 0.15) is 0 Å². The van der Waals surface area contributed by atoms with E-state index in [2.05, 4.69) is 273 Å². The Bertz CT molecular complexity index is 8150. The zero-order valence-corrected chi connectivity index (χ0v) is 71.5. The Balaban J connectivity index is 0.000000112. The van der Waals surface area contributed by atoms with Gasteiger partial charge in [-0.25, -0.2) is 0 Å². The van der Waals surface area contributed by atoms with Crippen molar-refractivity contribution in [2.75, 3.05) is 0 Å². The maximum absolute atomic E-state index is 15.0. The van der Waals surface area contributed by atoms with Crippen molar-refractivity contribution < 1.29 is 13.7 Å². The lowest BCUT2D eigenvalue weighted by molar-refractivity contribution is 0.591. The largest absolute Gasteiger partial charge is 0.309 e. The Morgan fingerprint density at radius 1 is 0.119 bits per heavy atom. The molecule has 126 heavy (non-hydrogen) atoms. The molecule has 0 aliphatic rings. The molecule has 0 saturated heterocycles. The molecule has 24 aromatic rings. The highest BCUT2D eigenvalue weighted by Crippen LogP contribution is 2.49. The van der Waals surface area contributed by atoms with Crippen LogP contribution in [0, 0.1) is 0 Å². The zero-order chi connectivity index (χ0) is 84.3. The van der Waals surface area contributed by atoms with Gasteiger partial charge >= 0.3 is 0 Å². The van der Waals surface area contributed by atoms with Crippen molar-refractivity contribution in [1.29, 1.82) is 0 Å². The molecular weight excluding hydrogens is 1580 g/mol. The van der Waals surface area contributed by atoms with Crippen molar-refractivity contribution in [3.05, 3.63) is 491 Å². The number of benzene rings is 24. The minimum Gasteiger partial charge on any atom is -0.309 e. The van der Waals surface area contributed by atoms with E-state index in [-0.39, 0.29) is 0 Å². The monoisotopic (exact) mass is 1660 g/mol. The predicted molar refractivity (Wildman–Crippen MR) is 541 cm³/mol. The Morgan fingerprint density at radius 3 is 0.635 bits per heavy atom. The van der Waals surface area contributed by atoms with Gasteiger partial charge in [0.05, 0.1) is 0 Å². The SMILES string of the molecule is O=P(c1ccccc1)(c1ccccc1)c1ccc(-c2cccc(-c3ccc4ccc5cccc6ccc3c4c56)c2)cc1.O=P(c1ccccc1)(c1ccccc1)c1cccc(-c2ccc(-c3ccc4ccc5cccc6ccc3c4c56)cc2)c1.O=P(c1ccccc1)(c1ccccc1)c1cccc(-c2cccc(-c3ccc4ccc5cccc6ccc3c4c56)c2)c1. The first kappa shape index (κ1) is 77.2. The molecule has 0 amide bonds. The van der Waals surface area contributed by atoms with Gasteiger partial charge in [0.15, 0.2) is 21.4 Å². The molecule has 6 heteroatoms. The van der Waals surface area contributed by atoms with Crippen molar-refractivity contribution in [2.24, 2.45) is 0 Å². The zero-order valence-electron chi connectivity index (χ0n) is 68.8. The minimum atomic E-state index is -3.06. The van der Waals surface area contributed by atoms with Crippen molar-refractivity contribution in [2.45, 2.75) is 0 Å². The Kier molecular flexibility index (Phi) is 19.8. The predicted octanol–water partition coefficient (Wildman–Crippen LogP) is 28.7. The van der Waals surface area contributed by atoms with Crippen molar-refractivity contribution in [3.63, 3.8) is 0 Å². The van der Waals surface area contributed by atoms with Gasteiger partial charge in [-0.05, 0) is 188 Å². The lowest BCUT2D eigenvalue weighted by atomic mass is 9.89. The molecule has 0 radical (unpaired) electrons. The molecule has 0 bridgehead atoms. The summed E-state index contributed by atoms with van der Waals surface area (Å²) >= 11 is 0. The average Bonchev–Trinajstić information content (AvgIpc) is 0.740. The number of hydrogen-bond donors (Lipinski definition) is 0. The van der Waals surface area contributed by atoms with Crippen LogP contribution in [0.25, 0.3) is 164 Å². The van der Waals surface area contributed by atoms with Crippen molar-refractivity contribution in [1.82, 2.24) is 0 Å². The molecular formula is C120H81O3P3. The molecule has 0 heterocycles. The summed E-state index contributed by atoms with van der Waals surface area (Å²) in [5, 5.41) is 30.9. The van der Waals surface area contributed by atoms with Crippen LogP contribution in [-0.4, -0.2) is 0 Å². The smallest absolute Gasteiger partial charge is 0.171 e. The quantitative estimate of drug-likeness (QED) is 0.0759. The van der Waals surface area contributed by atoms with E-state index in [9.17, 15) is 9.13 Å². The van der Waals surface area contributed by atoms with Crippen molar-refractivity contribution in [3.8, 4) is 66.8 Å². The molecule has 0 unspecified atom stereocenters. The third kappa shape index (κ3) is 13.6. The molecule has 0 aliphatic heterocycles. The fraction of sp³-hybridized carbons (Fsp3) is 0. The lowest BCUT2D eigenvalue weighted by Gasteiger charge is -2.21. The van der Waals surface area contributed by atoms with Crippen LogP contribution in [0.3, 0.4) is 0 Å². The molecule has 0 aliphatic carbocycles. The second-order valence-electron chi connectivity index (χ2n) is 32.6. The van der Waals surface area contributed by atoms with Gasteiger partial charge in [0.1, 0.15) is 0 Å². The average molecular weight is 1660 g/mol. The standard InChI is InChI=1S/3C40H27OP/c41-42(34-15-3-1-4-16-34,35-17-5-2-6-18-35)36-19-9-13-32(27-36)31-12-8-14-33(26-31)37-24-22-30-21-20-28-10-7-11-29-23-25-38(37)40(30)39(28)29;41-42(34-13-3-1-4-14-34,35-15-5-2-6-16-35)36-23-19-28(20-24-36)32-11-8-12-33(27-32)37-25-21-31-18-17-29-9-7-10-30-22-26-38(37)40(31)39(29)30;41-42(34-12-3-1-4-13-34,35-14-5-2-6-15-35)36-16-8-11-33(27-36)28-17-19-29(20-18-28)37-25-23-32-22-21-30-9-7-10-31-24-26-38(37)40(32)39(30)31/h3*1-27H. The molecule has 594 valence electrons. The van der Waals surface area contributed by atoms with Crippen LogP contribution < -0.4 is 47.7 Å². The van der Waals surface area contributed by atoms with Crippen LogP contribution in [-0.2, 0) is 13.7 Å². The summed E-state index contributed by atoms with van der Waals surface area (Å²) in [6, 6.07) is 170. The fourth-order valence-corrected chi connectivity index (χ4v) is 27.4. The van der Waals surface area contributed by atoms with Gasteiger partial charge in [0.25, 0.3) is 0 Å². The normalized spacial score (nSPS) is 11.9. The van der Waals surface area contributed by atoms with Crippen LogP contribution in [0.15, 0.2) is 491 Å². The fourth-order valence-electron chi connectivity index (χ4n) is 19.3. The van der Waals surface area contributed by atoms with E-state index in [4.69, 9.17) is 0 Å². The third-order valence-electron chi connectivity index (χ3n) is 25.5. The topological polar surface area (TPSA) is 51.2 Å². The molecule has 0 spiro atoms. The van der Waals surface area contributed by atoms with Crippen molar-refractivity contribution >= 4 is 166 Å². The lowest BCUT2D eigenvalue weighted by Crippen LogP contribution is -2.25. The van der Waals surface area contributed by atoms with Gasteiger partial charge in [-0.3, -0.25) is 0 Å². The van der Waals surface area contributed by atoms with Gasteiger partial charge < -0.3 is 13.7 Å². The molecule has 0 aromatic heterocycles. The molecule has 0 saturated carbocycles. The number of rotatable bonds is 15. The highest BCUT2D eigenvalue weighted by atomic mass is 31.2. The summed E-state index contributed by atoms with van der Waals surface area (Å²) in [5.74, 6) is 0. The summed E-state index contributed by atoms with van der Waals surface area (Å²) in [7, 11) is -9.10. The second kappa shape index (κ2) is 32.4. The maximum atomic E-state index is 15.0. The number of hydrogen-bond acceptors (Lipinski definition) is 3. The second-order valence-corrected chi connectivity index (χ2v) is 40.9. The minimum absolute atomic E-state index is 0.838. The van der Waals surface area contributed by atoms with E-state index in [0.29, 0.717) is 0 Å². The summed E-state index contributed by atoms with van der Waals surface area (Å²) in [5.41, 5.74) is 13.8. The van der Waals surface area contributed by atoms with E-state index >= 15 is 4.57 Å². The highest BCUT2D eigenvalue weighted by molar-refractivity contribution is 7.86. The first-order valence-corrected chi connectivity index (χ1v) is 48.0. The van der Waals surface area contributed by atoms with Crippen LogP contribution in [0.4, 0.5) is 0 Å². The molecule has 24 rings (SSSR count). The van der Waals surface area contributed by atoms with Gasteiger partial charge in [-0.15, -0.1) is 0 Å². The van der Waals surface area contributed by atoms with Gasteiger partial charge in [0, 0.05) is 47.7 Å². The Hall–Kier alpha value is -14.9. The van der Waals surface area contributed by atoms with Gasteiger partial charge in [0.2, 0.25) is 0 Å². The van der Waals surface area contributed by atoms with Crippen LogP contribution in [0.2, 0.25) is 0 Å². The summed E-state index contributed by atoms with van der Waals surface area (Å²) in [6.45, 7) is 0. The maximum Gasteiger partial charge on any atom is 0.171 e. The summed E-state index contributed by atoms with van der Waals surface area (Å²) in [4.78, 5) is 0. The van der Waals surface area contributed by atoms with E-state index in [1.165, 1.54) is 130 Å². The van der Waals surface area contributed by atoms with Gasteiger partial charge in [-0.1, -0.05) is 467 Å². The Labute approximate surface area is 732 Å². The van der Waals surface area contributed by atoms with Crippen LogP contribution >= 0.6 is 21.4 Å². The molecule has 24 aromatic carbocycles. The molecule has 0 atom stereocenters. The van der Waals surface area contributed by atoms with Gasteiger partial charge in [-0.2, -0.15) is 0 Å². The first-order valence-electron chi connectivity index (χ1n) is 42.9. The van der Waals surface area contributed by atoms with E-state index < -0.39 is 21.4 Å².